The minimum atomic E-state index is -0.412. The van der Waals surface area contributed by atoms with Crippen molar-refractivity contribution >= 4 is 17.4 Å². The average Bonchev–Trinajstić information content (AvgIpc) is 3.15. The van der Waals surface area contributed by atoms with Crippen molar-refractivity contribution in [1.82, 2.24) is 5.32 Å². The van der Waals surface area contributed by atoms with Gasteiger partial charge in [0.2, 0.25) is 0 Å². The number of hydrogen-bond donors (Lipinski definition) is 2. The average molecular weight is 343 g/mol. The Hall–Kier alpha value is -2.76. The molecule has 1 heterocycles. The van der Waals surface area contributed by atoms with Gasteiger partial charge in [0.05, 0.1) is 6.54 Å². The van der Waals surface area contributed by atoms with Crippen molar-refractivity contribution in [3.8, 4) is 5.75 Å². The Kier molecular flexibility index (Phi) is 5.72. The van der Waals surface area contributed by atoms with Gasteiger partial charge in [0, 0.05) is 24.5 Å². The van der Waals surface area contributed by atoms with E-state index in [0.717, 1.165) is 18.8 Å². The first kappa shape index (κ1) is 17.1. The fraction of sp³-hybridized carbons (Fsp3) is 0.316. The molecule has 2 aromatic rings. The van der Waals surface area contributed by atoms with Gasteiger partial charge in [-0.15, -0.1) is 0 Å². The second-order valence-electron chi connectivity index (χ2n) is 5.90. The van der Waals surface area contributed by atoms with Crippen molar-refractivity contribution in [1.29, 1.82) is 0 Å². The van der Waals surface area contributed by atoms with E-state index < -0.39 is 5.82 Å². The predicted molar refractivity (Wildman–Crippen MR) is 96.8 cm³/mol. The van der Waals surface area contributed by atoms with Crippen molar-refractivity contribution < 1.29 is 13.9 Å². The lowest BCUT2D eigenvalue weighted by Crippen LogP contribution is -2.32. The lowest BCUT2D eigenvalue weighted by Gasteiger charge is -2.17. The lowest BCUT2D eigenvalue weighted by atomic mass is 10.2. The summed E-state index contributed by atoms with van der Waals surface area (Å²) in [5.74, 6) is -0.229. The number of para-hydroxylation sites is 1. The van der Waals surface area contributed by atoms with Gasteiger partial charge >= 0.3 is 6.03 Å². The summed E-state index contributed by atoms with van der Waals surface area (Å²) in [4.78, 5) is 14.2. The summed E-state index contributed by atoms with van der Waals surface area (Å²) in [5.41, 5.74) is 1.91. The maximum absolute atomic E-state index is 13.4. The van der Waals surface area contributed by atoms with E-state index in [2.05, 4.69) is 15.5 Å². The fourth-order valence-electron chi connectivity index (χ4n) is 2.79. The molecule has 6 heteroatoms. The number of nitrogens with zero attached hydrogens (tertiary/aromatic N) is 1. The number of carbonyl (C=O) groups excluding carboxylic acids is 1. The summed E-state index contributed by atoms with van der Waals surface area (Å²) in [6.45, 7) is 2.67. The van der Waals surface area contributed by atoms with Crippen LogP contribution >= 0.6 is 0 Å². The molecule has 3 rings (SSSR count). The van der Waals surface area contributed by atoms with Gasteiger partial charge < -0.3 is 20.3 Å². The van der Waals surface area contributed by atoms with Crippen LogP contribution in [0.3, 0.4) is 0 Å². The highest BCUT2D eigenvalue weighted by atomic mass is 19.1. The van der Waals surface area contributed by atoms with Gasteiger partial charge in [-0.1, -0.05) is 12.1 Å². The number of rotatable bonds is 6. The summed E-state index contributed by atoms with van der Waals surface area (Å²) in [6.07, 6.45) is 2.47. The standard InChI is InChI=1S/C19H22FN3O2/c20-17-5-1-2-6-18(17)25-14-11-21-19(24)22-15-7-9-16(10-8-15)23-12-3-4-13-23/h1-2,5-10H,3-4,11-14H2,(H2,21,22,24). The molecule has 5 nitrogen and oxygen atoms in total. The number of anilines is 2. The molecule has 1 saturated heterocycles. The lowest BCUT2D eigenvalue weighted by molar-refractivity contribution is 0.246. The van der Waals surface area contributed by atoms with E-state index in [0.29, 0.717) is 0 Å². The van der Waals surface area contributed by atoms with Crippen LogP contribution in [-0.2, 0) is 0 Å². The molecule has 132 valence electrons. The third-order valence-corrected chi connectivity index (χ3v) is 4.08. The molecule has 0 aliphatic carbocycles. The van der Waals surface area contributed by atoms with Crippen molar-refractivity contribution in [2.75, 3.05) is 36.5 Å². The fourth-order valence-corrected chi connectivity index (χ4v) is 2.79. The topological polar surface area (TPSA) is 53.6 Å². The maximum Gasteiger partial charge on any atom is 0.319 e. The number of halogens is 1. The third kappa shape index (κ3) is 4.86. The van der Waals surface area contributed by atoms with E-state index >= 15 is 0 Å². The minimum absolute atomic E-state index is 0.183. The number of benzene rings is 2. The number of carbonyl (C=O) groups is 1. The third-order valence-electron chi connectivity index (χ3n) is 4.08. The molecule has 1 fully saturated rings. The van der Waals surface area contributed by atoms with Crippen molar-refractivity contribution in [2.45, 2.75) is 12.8 Å². The Balaban J connectivity index is 1.39. The molecule has 25 heavy (non-hydrogen) atoms. The number of hydrogen-bond acceptors (Lipinski definition) is 3. The zero-order valence-corrected chi connectivity index (χ0v) is 14.0. The molecule has 0 bridgehead atoms. The first-order valence-corrected chi connectivity index (χ1v) is 8.49. The Morgan fingerprint density at radius 2 is 1.80 bits per heavy atom. The summed E-state index contributed by atoms with van der Waals surface area (Å²) in [5, 5.41) is 5.45. The summed E-state index contributed by atoms with van der Waals surface area (Å²) < 4.78 is 18.7. The Labute approximate surface area is 146 Å². The van der Waals surface area contributed by atoms with E-state index in [9.17, 15) is 9.18 Å². The molecule has 2 N–H and O–H groups in total. The van der Waals surface area contributed by atoms with E-state index in [1.165, 1.54) is 24.6 Å². The van der Waals surface area contributed by atoms with Gasteiger partial charge in [-0.25, -0.2) is 9.18 Å². The predicted octanol–water partition coefficient (Wildman–Crippen LogP) is 3.63. The van der Waals surface area contributed by atoms with Gasteiger partial charge in [-0.2, -0.15) is 0 Å². The van der Waals surface area contributed by atoms with Crippen LogP contribution < -0.4 is 20.3 Å². The van der Waals surface area contributed by atoms with E-state index in [4.69, 9.17) is 4.74 Å². The van der Waals surface area contributed by atoms with Crippen LogP contribution in [0.4, 0.5) is 20.6 Å². The monoisotopic (exact) mass is 343 g/mol. The highest BCUT2D eigenvalue weighted by Gasteiger charge is 2.12. The highest BCUT2D eigenvalue weighted by molar-refractivity contribution is 5.89. The van der Waals surface area contributed by atoms with Gasteiger partial charge in [0.25, 0.3) is 0 Å². The highest BCUT2D eigenvalue weighted by Crippen LogP contribution is 2.22. The van der Waals surface area contributed by atoms with Crippen molar-refractivity contribution in [3.63, 3.8) is 0 Å². The molecular weight excluding hydrogens is 321 g/mol. The van der Waals surface area contributed by atoms with Crippen LogP contribution in [0.25, 0.3) is 0 Å². The van der Waals surface area contributed by atoms with Gasteiger partial charge in [-0.05, 0) is 49.2 Å². The largest absolute Gasteiger partial charge is 0.489 e. The Morgan fingerprint density at radius 3 is 2.52 bits per heavy atom. The molecule has 0 spiro atoms. The number of amides is 2. The van der Waals surface area contributed by atoms with Crippen molar-refractivity contribution in [3.05, 3.63) is 54.3 Å². The summed E-state index contributed by atoms with van der Waals surface area (Å²) >= 11 is 0. The van der Waals surface area contributed by atoms with Crippen molar-refractivity contribution in [2.24, 2.45) is 0 Å². The summed E-state index contributed by atoms with van der Waals surface area (Å²) in [6, 6.07) is 13.7. The quantitative estimate of drug-likeness (QED) is 0.788. The smallest absolute Gasteiger partial charge is 0.319 e. The van der Waals surface area contributed by atoms with Gasteiger partial charge in [-0.3, -0.25) is 0 Å². The minimum Gasteiger partial charge on any atom is -0.489 e. The second-order valence-corrected chi connectivity index (χ2v) is 5.90. The molecule has 0 aromatic heterocycles. The first-order chi connectivity index (χ1) is 12.2. The van der Waals surface area contributed by atoms with Crippen LogP contribution in [0.5, 0.6) is 5.75 Å². The van der Waals surface area contributed by atoms with E-state index in [1.54, 1.807) is 18.2 Å². The molecule has 2 amide bonds. The van der Waals surface area contributed by atoms with E-state index in [-0.39, 0.29) is 24.9 Å². The molecule has 1 aliphatic rings. The zero-order valence-electron chi connectivity index (χ0n) is 14.0. The van der Waals surface area contributed by atoms with Gasteiger partial charge in [0.1, 0.15) is 6.61 Å². The summed E-state index contributed by atoms with van der Waals surface area (Å²) in [7, 11) is 0. The maximum atomic E-state index is 13.4. The molecular formula is C19H22FN3O2. The molecule has 2 aromatic carbocycles. The SMILES string of the molecule is O=C(NCCOc1ccccc1F)Nc1ccc(N2CCCC2)cc1. The van der Waals surface area contributed by atoms with Crippen LogP contribution in [0, 0.1) is 5.82 Å². The van der Waals surface area contributed by atoms with Crippen LogP contribution in [0.1, 0.15) is 12.8 Å². The number of nitrogens with one attached hydrogen (secondary N) is 2. The van der Waals surface area contributed by atoms with Crippen LogP contribution in [0.2, 0.25) is 0 Å². The molecule has 0 unspecified atom stereocenters. The van der Waals surface area contributed by atoms with Crippen LogP contribution in [0.15, 0.2) is 48.5 Å². The number of ether oxygens (including phenoxy) is 1. The zero-order chi connectivity index (χ0) is 17.5. The van der Waals surface area contributed by atoms with Gasteiger partial charge in [0.15, 0.2) is 11.6 Å². The molecule has 1 aliphatic heterocycles. The Bertz CT molecular complexity index is 700. The Morgan fingerprint density at radius 1 is 1.08 bits per heavy atom. The molecule has 0 saturated carbocycles. The molecule has 0 atom stereocenters. The number of urea groups is 1. The molecule has 0 radical (unpaired) electrons. The van der Waals surface area contributed by atoms with E-state index in [1.807, 2.05) is 24.3 Å². The normalized spacial score (nSPS) is 13.6. The first-order valence-electron chi connectivity index (χ1n) is 8.49. The second kappa shape index (κ2) is 8.37. The van der Waals surface area contributed by atoms with Crippen LogP contribution in [-0.4, -0.2) is 32.3 Å².